The molecule has 0 aromatic heterocycles. The van der Waals surface area contributed by atoms with Crippen molar-refractivity contribution in [3.63, 3.8) is 0 Å². The first-order valence-electron chi connectivity index (χ1n) is 10.9. The lowest BCUT2D eigenvalue weighted by Gasteiger charge is -2.30. The Labute approximate surface area is 197 Å². The Bertz CT molecular complexity index is 1240. The summed E-state index contributed by atoms with van der Waals surface area (Å²) in [6.45, 7) is 3.82. The molecule has 6 heteroatoms. The van der Waals surface area contributed by atoms with Crippen LogP contribution >= 0.6 is 11.6 Å². The summed E-state index contributed by atoms with van der Waals surface area (Å²) in [5.41, 5.74) is 3.57. The predicted octanol–water partition coefficient (Wildman–Crippen LogP) is 6.19. The first kappa shape index (κ1) is 21.7. The van der Waals surface area contributed by atoms with E-state index in [-0.39, 0.29) is 22.1 Å². The van der Waals surface area contributed by atoms with Crippen LogP contribution in [0.15, 0.2) is 60.4 Å². The molecule has 0 amide bonds. The number of carbonyl (C=O) groups is 1. The van der Waals surface area contributed by atoms with Crippen molar-refractivity contribution in [2.75, 3.05) is 13.3 Å². The van der Waals surface area contributed by atoms with Gasteiger partial charge < -0.3 is 9.47 Å². The Kier molecular flexibility index (Phi) is 5.92. The van der Waals surface area contributed by atoms with E-state index in [1.54, 1.807) is 6.07 Å². The standard InChI is InChI=1S/C27H23ClFNO3/c1-17-13-23-20(15-30(16-32-23)12-6-9-18-7-3-2-4-8-18)27-25(17)26(31)24(33-27)14-19-21(28)10-5-11-22(19)29/h2-5,7-8,10-11,13-14H,6,9,12,15-16H2,1H3/b24-14-. The molecule has 3 aromatic rings. The van der Waals surface area contributed by atoms with Gasteiger partial charge in [-0.25, -0.2) is 4.39 Å². The number of aryl methyl sites for hydroxylation is 2. The predicted molar refractivity (Wildman–Crippen MR) is 126 cm³/mol. The lowest BCUT2D eigenvalue weighted by Crippen LogP contribution is -2.33. The number of halogens is 2. The molecule has 0 unspecified atom stereocenters. The topological polar surface area (TPSA) is 38.8 Å². The highest BCUT2D eigenvalue weighted by Crippen LogP contribution is 2.44. The summed E-state index contributed by atoms with van der Waals surface area (Å²) in [7, 11) is 0. The van der Waals surface area contributed by atoms with Gasteiger partial charge in [0.05, 0.1) is 16.1 Å². The Hall–Kier alpha value is -3.15. The van der Waals surface area contributed by atoms with Crippen LogP contribution in [0.5, 0.6) is 11.5 Å². The van der Waals surface area contributed by atoms with Crippen molar-refractivity contribution in [1.29, 1.82) is 0 Å². The first-order valence-corrected chi connectivity index (χ1v) is 11.3. The van der Waals surface area contributed by atoms with Crippen molar-refractivity contribution in [3.05, 3.63) is 99.0 Å². The van der Waals surface area contributed by atoms with E-state index >= 15 is 0 Å². The molecule has 0 saturated carbocycles. The minimum Gasteiger partial charge on any atom is -0.478 e. The summed E-state index contributed by atoms with van der Waals surface area (Å²) in [6, 6.07) is 16.7. The largest absolute Gasteiger partial charge is 0.478 e. The minimum absolute atomic E-state index is 0.0645. The molecule has 0 bridgehead atoms. The van der Waals surface area contributed by atoms with Gasteiger partial charge in [-0.2, -0.15) is 0 Å². The van der Waals surface area contributed by atoms with Crippen LogP contribution in [0.25, 0.3) is 6.08 Å². The average molecular weight is 464 g/mol. The van der Waals surface area contributed by atoms with Crippen LogP contribution in [-0.2, 0) is 13.0 Å². The molecule has 0 fully saturated rings. The molecule has 0 radical (unpaired) electrons. The summed E-state index contributed by atoms with van der Waals surface area (Å²) in [5, 5.41) is 0.224. The second-order valence-corrected chi connectivity index (χ2v) is 8.77. The van der Waals surface area contributed by atoms with Crippen molar-refractivity contribution in [2.45, 2.75) is 26.3 Å². The summed E-state index contributed by atoms with van der Waals surface area (Å²) in [5.74, 6) is 0.513. The van der Waals surface area contributed by atoms with Gasteiger partial charge in [-0.15, -0.1) is 0 Å². The SMILES string of the molecule is Cc1cc2c(c3c1C(=O)/C(=C/c1c(F)cccc1Cl)O3)CN(CCCc1ccccc1)CO2. The summed E-state index contributed by atoms with van der Waals surface area (Å²) < 4.78 is 26.3. The molecule has 2 heterocycles. The van der Waals surface area contributed by atoms with Gasteiger partial charge in [0.25, 0.3) is 0 Å². The molecule has 33 heavy (non-hydrogen) atoms. The number of fused-ring (bicyclic) bond motifs is 3. The van der Waals surface area contributed by atoms with Crippen molar-refractivity contribution in [2.24, 2.45) is 0 Å². The molecule has 5 rings (SSSR count). The molecule has 168 valence electrons. The van der Waals surface area contributed by atoms with Crippen molar-refractivity contribution >= 4 is 23.5 Å². The maximum atomic E-state index is 14.3. The summed E-state index contributed by atoms with van der Waals surface area (Å²) in [4.78, 5) is 15.3. The number of ether oxygens (including phenoxy) is 2. The number of rotatable bonds is 5. The van der Waals surface area contributed by atoms with E-state index in [9.17, 15) is 9.18 Å². The number of hydrogen-bond donors (Lipinski definition) is 0. The summed E-state index contributed by atoms with van der Waals surface area (Å²) >= 11 is 6.15. The number of carbonyl (C=O) groups excluding carboxylic acids is 1. The average Bonchev–Trinajstić information content (AvgIpc) is 3.14. The van der Waals surface area contributed by atoms with E-state index in [1.165, 1.54) is 23.8 Å². The maximum Gasteiger partial charge on any atom is 0.232 e. The zero-order valence-corrected chi connectivity index (χ0v) is 19.0. The van der Waals surface area contributed by atoms with Crippen LogP contribution in [-0.4, -0.2) is 24.0 Å². The van der Waals surface area contributed by atoms with Crippen LogP contribution < -0.4 is 9.47 Å². The van der Waals surface area contributed by atoms with Gasteiger partial charge in [0.15, 0.2) is 5.76 Å². The van der Waals surface area contributed by atoms with Gasteiger partial charge in [-0.1, -0.05) is 48.0 Å². The lowest BCUT2D eigenvalue weighted by molar-refractivity contribution is 0.0928. The number of ketones is 1. The van der Waals surface area contributed by atoms with Crippen molar-refractivity contribution in [1.82, 2.24) is 4.90 Å². The molecule has 2 aliphatic rings. The highest BCUT2D eigenvalue weighted by Gasteiger charge is 2.35. The highest BCUT2D eigenvalue weighted by molar-refractivity contribution is 6.32. The van der Waals surface area contributed by atoms with Crippen LogP contribution in [0.3, 0.4) is 0 Å². The number of allylic oxidation sites excluding steroid dienone is 1. The van der Waals surface area contributed by atoms with Gasteiger partial charge in [-0.3, -0.25) is 9.69 Å². The molecule has 0 spiro atoms. The van der Waals surface area contributed by atoms with E-state index in [0.29, 0.717) is 24.6 Å². The number of hydrogen-bond acceptors (Lipinski definition) is 4. The summed E-state index contributed by atoms with van der Waals surface area (Å²) in [6.07, 6.45) is 3.36. The third kappa shape index (κ3) is 4.26. The smallest absolute Gasteiger partial charge is 0.232 e. The molecule has 0 atom stereocenters. The highest BCUT2D eigenvalue weighted by atomic mass is 35.5. The molecular weight excluding hydrogens is 441 g/mol. The van der Waals surface area contributed by atoms with Crippen molar-refractivity contribution in [3.8, 4) is 11.5 Å². The zero-order chi connectivity index (χ0) is 22.9. The molecule has 0 aliphatic carbocycles. The van der Waals surface area contributed by atoms with E-state index in [4.69, 9.17) is 21.1 Å². The zero-order valence-electron chi connectivity index (χ0n) is 18.2. The fourth-order valence-corrected chi connectivity index (χ4v) is 4.57. The third-order valence-electron chi connectivity index (χ3n) is 6.05. The molecule has 0 saturated heterocycles. The van der Waals surface area contributed by atoms with E-state index in [1.807, 2.05) is 19.1 Å². The normalized spacial score (nSPS) is 16.3. The Morgan fingerprint density at radius 2 is 1.97 bits per heavy atom. The second-order valence-electron chi connectivity index (χ2n) is 8.36. The van der Waals surface area contributed by atoms with Crippen LogP contribution in [0.4, 0.5) is 4.39 Å². The monoisotopic (exact) mass is 463 g/mol. The minimum atomic E-state index is -0.506. The van der Waals surface area contributed by atoms with E-state index < -0.39 is 5.82 Å². The number of nitrogens with zero attached hydrogens (tertiary/aromatic N) is 1. The molecule has 4 nitrogen and oxygen atoms in total. The van der Waals surface area contributed by atoms with Gasteiger partial charge in [-0.05, 0) is 55.2 Å². The fraction of sp³-hybridized carbons (Fsp3) is 0.222. The fourth-order valence-electron chi connectivity index (χ4n) is 4.35. The van der Waals surface area contributed by atoms with Gasteiger partial charge in [0.1, 0.15) is 24.0 Å². The molecule has 0 N–H and O–H groups in total. The van der Waals surface area contributed by atoms with E-state index in [2.05, 4.69) is 29.2 Å². The Morgan fingerprint density at radius 3 is 2.76 bits per heavy atom. The number of Topliss-reactive ketones (excluding diaryl/α,β-unsaturated/α-hetero) is 1. The third-order valence-corrected chi connectivity index (χ3v) is 6.38. The van der Waals surface area contributed by atoms with E-state index in [0.717, 1.165) is 36.3 Å². The van der Waals surface area contributed by atoms with Crippen LogP contribution in [0, 0.1) is 12.7 Å². The van der Waals surface area contributed by atoms with Gasteiger partial charge >= 0.3 is 0 Å². The van der Waals surface area contributed by atoms with Crippen LogP contribution in [0.1, 0.15) is 39.0 Å². The molecule has 3 aromatic carbocycles. The van der Waals surface area contributed by atoms with Gasteiger partial charge in [0.2, 0.25) is 5.78 Å². The Balaban J connectivity index is 1.38. The van der Waals surface area contributed by atoms with Crippen LogP contribution in [0.2, 0.25) is 5.02 Å². The molecular formula is C27H23ClFNO3. The maximum absolute atomic E-state index is 14.3. The lowest BCUT2D eigenvalue weighted by atomic mass is 9.98. The number of benzene rings is 3. The quantitative estimate of drug-likeness (QED) is 0.423. The Morgan fingerprint density at radius 1 is 1.15 bits per heavy atom. The molecule has 2 aliphatic heterocycles. The van der Waals surface area contributed by atoms with Crippen molar-refractivity contribution < 1.29 is 18.7 Å². The second kappa shape index (κ2) is 9.00. The van der Waals surface area contributed by atoms with Gasteiger partial charge in [0, 0.05) is 18.7 Å². The first-order chi connectivity index (χ1) is 16.0.